The molecule has 0 amide bonds. The largest absolute Gasteiger partial charge is 0.481 e. The Morgan fingerprint density at radius 2 is 0.676 bits per heavy atom. The lowest BCUT2D eigenvalue weighted by molar-refractivity contribution is -0.138. The maximum absolute atomic E-state index is 11.3. The van der Waals surface area contributed by atoms with Gasteiger partial charge in [0, 0.05) is 6.42 Å². The van der Waals surface area contributed by atoms with Crippen molar-refractivity contribution in [3.05, 3.63) is 0 Å². The Morgan fingerprint density at radius 3 is 0.912 bits per heavy atom. The molecule has 1 N–H and O–H groups in total. The fraction of sp³-hybridized carbons (Fsp3) is 0.969. The monoisotopic (exact) mass is 480 g/mol. The molecule has 0 radical (unpaired) electrons. The highest BCUT2D eigenvalue weighted by molar-refractivity contribution is 5.66. The zero-order valence-electron chi connectivity index (χ0n) is 23.7. The summed E-state index contributed by atoms with van der Waals surface area (Å²) in [7, 11) is 0. The number of carboxylic acids is 1. The van der Waals surface area contributed by atoms with Gasteiger partial charge in [0.15, 0.2) is 0 Å². The molecular formula is C32H64O2. The second kappa shape index (κ2) is 28.7. The van der Waals surface area contributed by atoms with Crippen LogP contribution in [0.5, 0.6) is 0 Å². The zero-order chi connectivity index (χ0) is 25.0. The van der Waals surface area contributed by atoms with Gasteiger partial charge in [0.2, 0.25) is 0 Å². The Hall–Kier alpha value is -0.530. The minimum Gasteiger partial charge on any atom is -0.481 e. The highest BCUT2D eigenvalue weighted by Gasteiger charge is 2.12. The minimum atomic E-state index is -0.598. The molecule has 0 saturated heterocycles. The Kier molecular flexibility index (Phi) is 28.3. The van der Waals surface area contributed by atoms with E-state index in [0.29, 0.717) is 12.3 Å². The average Bonchev–Trinajstić information content (AvgIpc) is 2.82. The van der Waals surface area contributed by atoms with Crippen molar-refractivity contribution in [2.75, 3.05) is 0 Å². The quantitative estimate of drug-likeness (QED) is 0.108. The minimum absolute atomic E-state index is 0.385. The number of unbranched alkanes of at least 4 members (excludes halogenated alkanes) is 23. The fourth-order valence-electron chi connectivity index (χ4n) is 5.32. The maximum atomic E-state index is 11.3. The summed E-state index contributed by atoms with van der Waals surface area (Å²) in [6.07, 6.45) is 37.1. The molecule has 0 aliphatic heterocycles. The number of rotatable bonds is 29. The second-order valence-electron chi connectivity index (χ2n) is 11.2. The van der Waals surface area contributed by atoms with E-state index < -0.39 is 5.97 Å². The second-order valence-corrected chi connectivity index (χ2v) is 11.2. The molecule has 0 aromatic rings. The van der Waals surface area contributed by atoms with Gasteiger partial charge in [-0.3, -0.25) is 4.79 Å². The van der Waals surface area contributed by atoms with Crippen LogP contribution in [0, 0.1) is 5.92 Å². The molecule has 0 aromatic heterocycles. The SMILES string of the molecule is CCCCCCCCCCCCCCCC(CCCCCCCCCCCCCC)CC(=O)O. The van der Waals surface area contributed by atoms with E-state index in [9.17, 15) is 9.90 Å². The molecule has 0 heterocycles. The molecule has 34 heavy (non-hydrogen) atoms. The van der Waals surface area contributed by atoms with Crippen molar-refractivity contribution in [1.82, 2.24) is 0 Å². The zero-order valence-corrected chi connectivity index (χ0v) is 23.7. The van der Waals surface area contributed by atoms with Crippen LogP contribution >= 0.6 is 0 Å². The van der Waals surface area contributed by atoms with Crippen molar-refractivity contribution < 1.29 is 9.90 Å². The Bertz CT molecular complexity index is 392. The van der Waals surface area contributed by atoms with E-state index in [2.05, 4.69) is 13.8 Å². The van der Waals surface area contributed by atoms with Gasteiger partial charge in [-0.05, 0) is 18.8 Å². The van der Waals surface area contributed by atoms with E-state index in [0.717, 1.165) is 12.8 Å². The first-order valence-electron chi connectivity index (χ1n) is 15.9. The normalized spacial score (nSPS) is 12.3. The van der Waals surface area contributed by atoms with Crippen molar-refractivity contribution >= 4 is 5.97 Å². The van der Waals surface area contributed by atoms with Gasteiger partial charge in [0.05, 0.1) is 0 Å². The molecule has 1 atom stereocenters. The molecule has 0 aromatic carbocycles. The molecule has 0 aliphatic rings. The van der Waals surface area contributed by atoms with Crippen molar-refractivity contribution in [2.45, 2.75) is 194 Å². The molecule has 0 aliphatic carbocycles. The van der Waals surface area contributed by atoms with E-state index in [1.54, 1.807) is 0 Å². The Balaban J connectivity index is 3.51. The van der Waals surface area contributed by atoms with E-state index in [1.165, 1.54) is 161 Å². The lowest BCUT2D eigenvalue weighted by Crippen LogP contribution is -2.08. The summed E-state index contributed by atoms with van der Waals surface area (Å²) in [6.45, 7) is 4.57. The first kappa shape index (κ1) is 33.5. The lowest BCUT2D eigenvalue weighted by Gasteiger charge is -2.14. The van der Waals surface area contributed by atoms with Gasteiger partial charge in [-0.25, -0.2) is 0 Å². The molecule has 0 bridgehead atoms. The average molecular weight is 481 g/mol. The molecule has 204 valence electrons. The van der Waals surface area contributed by atoms with Crippen molar-refractivity contribution in [3.63, 3.8) is 0 Å². The van der Waals surface area contributed by atoms with Gasteiger partial charge in [-0.15, -0.1) is 0 Å². The van der Waals surface area contributed by atoms with Crippen LogP contribution in [0.3, 0.4) is 0 Å². The van der Waals surface area contributed by atoms with E-state index in [1.807, 2.05) is 0 Å². The third kappa shape index (κ3) is 27.7. The summed E-state index contributed by atoms with van der Waals surface area (Å²) >= 11 is 0. The van der Waals surface area contributed by atoms with Crippen LogP contribution in [0.25, 0.3) is 0 Å². The predicted molar refractivity (Wildman–Crippen MR) is 152 cm³/mol. The molecule has 0 rings (SSSR count). The summed E-state index contributed by atoms with van der Waals surface area (Å²) in [4.78, 5) is 11.3. The third-order valence-corrected chi connectivity index (χ3v) is 7.65. The fourth-order valence-corrected chi connectivity index (χ4v) is 5.32. The standard InChI is InChI=1S/C32H64O2/c1-3-5-7-9-11-13-15-17-19-21-23-25-27-29-31(30-32(33)34)28-26-24-22-20-18-16-14-12-10-8-6-4-2/h31H,3-30H2,1-2H3,(H,33,34). The smallest absolute Gasteiger partial charge is 0.303 e. The van der Waals surface area contributed by atoms with Crippen molar-refractivity contribution in [1.29, 1.82) is 0 Å². The van der Waals surface area contributed by atoms with Crippen LogP contribution in [0.1, 0.15) is 194 Å². The van der Waals surface area contributed by atoms with Crippen LogP contribution in [-0.2, 0) is 4.79 Å². The maximum Gasteiger partial charge on any atom is 0.303 e. The Morgan fingerprint density at radius 1 is 0.441 bits per heavy atom. The van der Waals surface area contributed by atoms with Crippen LogP contribution in [0.15, 0.2) is 0 Å². The van der Waals surface area contributed by atoms with Gasteiger partial charge in [0.25, 0.3) is 0 Å². The molecule has 0 fully saturated rings. The van der Waals surface area contributed by atoms with Crippen LogP contribution < -0.4 is 0 Å². The van der Waals surface area contributed by atoms with E-state index in [4.69, 9.17) is 0 Å². The van der Waals surface area contributed by atoms with E-state index >= 15 is 0 Å². The number of hydrogen-bond donors (Lipinski definition) is 1. The number of carboxylic acid groups (broad SMARTS) is 1. The molecule has 0 spiro atoms. The highest BCUT2D eigenvalue weighted by atomic mass is 16.4. The van der Waals surface area contributed by atoms with Gasteiger partial charge in [-0.2, -0.15) is 0 Å². The third-order valence-electron chi connectivity index (χ3n) is 7.65. The van der Waals surface area contributed by atoms with Gasteiger partial charge < -0.3 is 5.11 Å². The van der Waals surface area contributed by atoms with Crippen LogP contribution in [0.2, 0.25) is 0 Å². The van der Waals surface area contributed by atoms with E-state index in [-0.39, 0.29) is 0 Å². The first-order valence-corrected chi connectivity index (χ1v) is 15.9. The van der Waals surface area contributed by atoms with Crippen LogP contribution in [0.4, 0.5) is 0 Å². The first-order chi connectivity index (χ1) is 16.7. The molecule has 1 unspecified atom stereocenters. The van der Waals surface area contributed by atoms with Gasteiger partial charge in [0.1, 0.15) is 0 Å². The Labute approximate surface area is 215 Å². The summed E-state index contributed by atoms with van der Waals surface area (Å²) < 4.78 is 0. The summed E-state index contributed by atoms with van der Waals surface area (Å²) in [5.41, 5.74) is 0. The summed E-state index contributed by atoms with van der Waals surface area (Å²) in [5, 5.41) is 9.28. The summed E-state index contributed by atoms with van der Waals surface area (Å²) in [5.74, 6) is -0.188. The van der Waals surface area contributed by atoms with Crippen LogP contribution in [-0.4, -0.2) is 11.1 Å². The number of aliphatic carboxylic acids is 1. The van der Waals surface area contributed by atoms with Gasteiger partial charge >= 0.3 is 5.97 Å². The topological polar surface area (TPSA) is 37.3 Å². The number of hydrogen-bond acceptors (Lipinski definition) is 1. The molecule has 2 heteroatoms. The van der Waals surface area contributed by atoms with Gasteiger partial charge in [-0.1, -0.05) is 174 Å². The lowest BCUT2D eigenvalue weighted by atomic mass is 9.91. The number of carbonyl (C=O) groups is 1. The van der Waals surface area contributed by atoms with Crippen molar-refractivity contribution in [2.24, 2.45) is 5.92 Å². The molecular weight excluding hydrogens is 416 g/mol. The summed E-state index contributed by atoms with van der Waals surface area (Å²) in [6, 6.07) is 0. The molecule has 2 nitrogen and oxygen atoms in total. The highest BCUT2D eigenvalue weighted by Crippen LogP contribution is 2.22. The molecule has 0 saturated carbocycles. The predicted octanol–water partition coefficient (Wildman–Crippen LogP) is 11.6. The van der Waals surface area contributed by atoms with Crippen molar-refractivity contribution in [3.8, 4) is 0 Å².